The summed E-state index contributed by atoms with van der Waals surface area (Å²) < 4.78 is 15.8. The number of carbonyl (C=O) groups is 2. The zero-order chi connectivity index (χ0) is 18.6. The SMILES string of the molecule is COCCN1C(=O)C[C@@H](C(=O)N(C)C)[C@@H]1c1ccc(OC)c(OC)c1. The lowest BCUT2D eigenvalue weighted by Crippen LogP contribution is -2.36. The second kappa shape index (κ2) is 8.20. The van der Waals surface area contributed by atoms with Crippen molar-refractivity contribution in [2.45, 2.75) is 12.5 Å². The molecule has 0 N–H and O–H groups in total. The average Bonchev–Trinajstić information content (AvgIpc) is 2.94. The van der Waals surface area contributed by atoms with Crippen molar-refractivity contribution >= 4 is 11.8 Å². The Morgan fingerprint density at radius 2 is 1.88 bits per heavy atom. The molecule has 0 bridgehead atoms. The third-order valence-corrected chi connectivity index (χ3v) is 4.48. The topological polar surface area (TPSA) is 68.3 Å². The van der Waals surface area contributed by atoms with Crippen molar-refractivity contribution in [2.75, 3.05) is 48.6 Å². The van der Waals surface area contributed by atoms with E-state index in [-0.39, 0.29) is 24.3 Å². The van der Waals surface area contributed by atoms with E-state index in [4.69, 9.17) is 14.2 Å². The van der Waals surface area contributed by atoms with Crippen LogP contribution in [0.3, 0.4) is 0 Å². The fourth-order valence-electron chi connectivity index (χ4n) is 3.25. The highest BCUT2D eigenvalue weighted by Crippen LogP contribution is 2.41. The first kappa shape index (κ1) is 19.1. The summed E-state index contributed by atoms with van der Waals surface area (Å²) in [5.41, 5.74) is 0.847. The van der Waals surface area contributed by atoms with Crippen molar-refractivity contribution in [3.8, 4) is 11.5 Å². The predicted octanol–water partition coefficient (Wildman–Crippen LogP) is 1.33. The van der Waals surface area contributed by atoms with Crippen LogP contribution in [0.5, 0.6) is 11.5 Å². The normalized spacial score (nSPS) is 19.9. The number of benzene rings is 1. The quantitative estimate of drug-likeness (QED) is 0.742. The minimum absolute atomic E-state index is 0.0444. The van der Waals surface area contributed by atoms with Gasteiger partial charge in [0, 0.05) is 34.2 Å². The molecule has 1 aromatic rings. The van der Waals surface area contributed by atoms with Crippen molar-refractivity contribution in [2.24, 2.45) is 5.92 Å². The maximum atomic E-state index is 12.6. The number of likely N-dealkylation sites (tertiary alicyclic amines) is 1. The Hall–Kier alpha value is -2.28. The number of ether oxygens (including phenoxy) is 3. The van der Waals surface area contributed by atoms with Crippen LogP contribution in [-0.2, 0) is 14.3 Å². The van der Waals surface area contributed by atoms with Crippen molar-refractivity contribution in [3.05, 3.63) is 23.8 Å². The molecule has 1 aromatic carbocycles. The van der Waals surface area contributed by atoms with E-state index in [0.717, 1.165) is 5.56 Å². The molecule has 1 saturated heterocycles. The van der Waals surface area contributed by atoms with Gasteiger partial charge in [0.25, 0.3) is 0 Å². The summed E-state index contributed by atoms with van der Waals surface area (Å²) in [4.78, 5) is 28.4. The summed E-state index contributed by atoms with van der Waals surface area (Å²) in [5, 5.41) is 0. The lowest BCUT2D eigenvalue weighted by molar-refractivity contribution is -0.134. The molecule has 7 nitrogen and oxygen atoms in total. The Kier molecular flexibility index (Phi) is 6.25. The summed E-state index contributed by atoms with van der Waals surface area (Å²) in [6, 6.07) is 5.15. The second-order valence-corrected chi connectivity index (χ2v) is 6.18. The lowest BCUT2D eigenvalue weighted by Gasteiger charge is -2.29. The van der Waals surface area contributed by atoms with Crippen LogP contribution in [0.4, 0.5) is 0 Å². The van der Waals surface area contributed by atoms with Gasteiger partial charge in [-0.25, -0.2) is 0 Å². The highest BCUT2D eigenvalue weighted by atomic mass is 16.5. The third-order valence-electron chi connectivity index (χ3n) is 4.48. The van der Waals surface area contributed by atoms with Crippen LogP contribution in [0.1, 0.15) is 18.0 Å². The molecule has 2 atom stereocenters. The van der Waals surface area contributed by atoms with Crippen LogP contribution in [0, 0.1) is 5.92 Å². The van der Waals surface area contributed by atoms with Gasteiger partial charge in [-0.15, -0.1) is 0 Å². The molecule has 0 radical (unpaired) electrons. The first-order valence-corrected chi connectivity index (χ1v) is 8.16. The molecule has 1 fully saturated rings. The van der Waals surface area contributed by atoms with Crippen LogP contribution in [0.2, 0.25) is 0 Å². The van der Waals surface area contributed by atoms with Gasteiger partial charge in [-0.2, -0.15) is 0 Å². The minimum Gasteiger partial charge on any atom is -0.493 e. The first-order valence-electron chi connectivity index (χ1n) is 8.16. The molecule has 25 heavy (non-hydrogen) atoms. The molecule has 7 heteroatoms. The standard InChI is InChI=1S/C18H26N2O5/c1-19(2)18(22)13-11-16(21)20(8-9-23-3)17(13)12-6-7-14(24-4)15(10-12)25-5/h6-7,10,13,17H,8-9,11H2,1-5H3/t13-,17+/m1/s1. The van der Waals surface area contributed by atoms with E-state index in [2.05, 4.69) is 0 Å². The Morgan fingerprint density at radius 1 is 1.20 bits per heavy atom. The highest BCUT2D eigenvalue weighted by molar-refractivity contribution is 5.90. The maximum absolute atomic E-state index is 12.6. The molecule has 2 amide bonds. The number of nitrogens with zero attached hydrogens (tertiary/aromatic N) is 2. The Balaban J connectivity index is 2.44. The predicted molar refractivity (Wildman–Crippen MR) is 92.7 cm³/mol. The molecule has 2 rings (SSSR count). The van der Waals surface area contributed by atoms with E-state index < -0.39 is 5.92 Å². The van der Waals surface area contributed by atoms with Gasteiger partial charge in [-0.1, -0.05) is 6.07 Å². The number of rotatable bonds is 7. The molecule has 0 spiro atoms. The summed E-state index contributed by atoms with van der Waals surface area (Å²) in [5.74, 6) is 0.638. The fourth-order valence-corrected chi connectivity index (χ4v) is 3.25. The molecule has 1 heterocycles. The summed E-state index contributed by atoms with van der Waals surface area (Å²) in [7, 11) is 8.13. The van der Waals surface area contributed by atoms with Gasteiger partial charge in [0.05, 0.1) is 32.8 Å². The van der Waals surface area contributed by atoms with E-state index >= 15 is 0 Å². The molecule has 0 aromatic heterocycles. The Morgan fingerprint density at radius 3 is 2.44 bits per heavy atom. The molecule has 1 aliphatic rings. The van der Waals surface area contributed by atoms with Crippen molar-refractivity contribution < 1.29 is 23.8 Å². The van der Waals surface area contributed by atoms with Crippen LogP contribution in [-0.4, -0.2) is 70.2 Å². The summed E-state index contributed by atoms with van der Waals surface area (Å²) >= 11 is 0. The van der Waals surface area contributed by atoms with Gasteiger partial charge in [-0.05, 0) is 17.7 Å². The van der Waals surface area contributed by atoms with E-state index in [9.17, 15) is 9.59 Å². The summed E-state index contributed by atoms with van der Waals surface area (Å²) in [6.45, 7) is 0.851. The molecule has 0 saturated carbocycles. The zero-order valence-electron chi connectivity index (χ0n) is 15.4. The van der Waals surface area contributed by atoms with Crippen molar-refractivity contribution in [1.82, 2.24) is 9.80 Å². The molecule has 1 aliphatic heterocycles. The average molecular weight is 350 g/mol. The number of amides is 2. The number of hydrogen-bond donors (Lipinski definition) is 0. The zero-order valence-corrected chi connectivity index (χ0v) is 15.4. The van der Waals surface area contributed by atoms with Crippen molar-refractivity contribution in [3.63, 3.8) is 0 Å². The van der Waals surface area contributed by atoms with Gasteiger partial charge in [0.2, 0.25) is 11.8 Å². The Bertz CT molecular complexity index is 632. The number of methoxy groups -OCH3 is 3. The smallest absolute Gasteiger partial charge is 0.228 e. The highest BCUT2D eigenvalue weighted by Gasteiger charge is 2.45. The van der Waals surface area contributed by atoms with E-state index in [1.165, 1.54) is 4.90 Å². The fraction of sp³-hybridized carbons (Fsp3) is 0.556. The molecular weight excluding hydrogens is 324 g/mol. The van der Waals surface area contributed by atoms with E-state index in [1.807, 2.05) is 12.1 Å². The van der Waals surface area contributed by atoms with Gasteiger partial charge in [-0.3, -0.25) is 9.59 Å². The van der Waals surface area contributed by atoms with Gasteiger partial charge in [0.1, 0.15) is 0 Å². The minimum atomic E-state index is -0.433. The van der Waals surface area contributed by atoms with Crippen molar-refractivity contribution in [1.29, 1.82) is 0 Å². The maximum Gasteiger partial charge on any atom is 0.228 e. The lowest BCUT2D eigenvalue weighted by atomic mass is 9.92. The monoisotopic (exact) mass is 350 g/mol. The van der Waals surface area contributed by atoms with Crippen LogP contribution in [0.25, 0.3) is 0 Å². The van der Waals surface area contributed by atoms with Crippen LogP contribution < -0.4 is 9.47 Å². The van der Waals surface area contributed by atoms with Gasteiger partial charge in [0.15, 0.2) is 11.5 Å². The first-order chi connectivity index (χ1) is 11.9. The van der Waals surface area contributed by atoms with Gasteiger partial charge >= 0.3 is 0 Å². The van der Waals surface area contributed by atoms with E-state index in [1.54, 1.807) is 46.4 Å². The summed E-state index contributed by atoms with van der Waals surface area (Å²) in [6.07, 6.45) is 0.194. The van der Waals surface area contributed by atoms with E-state index in [0.29, 0.717) is 24.7 Å². The number of hydrogen-bond acceptors (Lipinski definition) is 5. The second-order valence-electron chi connectivity index (χ2n) is 6.18. The third kappa shape index (κ3) is 3.87. The largest absolute Gasteiger partial charge is 0.493 e. The molecule has 0 aliphatic carbocycles. The van der Waals surface area contributed by atoms with Crippen LogP contribution in [0.15, 0.2) is 18.2 Å². The van der Waals surface area contributed by atoms with Crippen LogP contribution >= 0.6 is 0 Å². The Labute approximate surface area is 148 Å². The molecule has 0 unspecified atom stereocenters. The molecular formula is C18H26N2O5. The number of carbonyl (C=O) groups excluding carboxylic acids is 2. The van der Waals surface area contributed by atoms with Gasteiger partial charge < -0.3 is 24.0 Å². The molecule has 138 valence electrons.